The van der Waals surface area contributed by atoms with E-state index >= 15 is 0 Å². The lowest BCUT2D eigenvalue weighted by Gasteiger charge is -2.25. The van der Waals surface area contributed by atoms with Crippen molar-refractivity contribution in [3.63, 3.8) is 0 Å². The minimum absolute atomic E-state index is 0.661. The summed E-state index contributed by atoms with van der Waals surface area (Å²) in [4.78, 5) is 0. The molecule has 1 unspecified atom stereocenters. The van der Waals surface area contributed by atoms with Crippen LogP contribution in [0.1, 0.15) is 30.9 Å². The standard InChI is InChI=1S/C15H20BrN/c1-2-3-4-9-17-15-8-6-12-10-14(16)7-5-13(12)11-15/h2-3,5,7,10,15,17H,4,6,8-9,11H2,1H3/b3-2+. The highest BCUT2D eigenvalue weighted by Gasteiger charge is 2.17. The van der Waals surface area contributed by atoms with Crippen LogP contribution in [-0.4, -0.2) is 12.6 Å². The minimum atomic E-state index is 0.661. The Labute approximate surface area is 112 Å². The number of allylic oxidation sites excluding steroid dienone is 1. The van der Waals surface area contributed by atoms with Gasteiger partial charge in [-0.05, 0) is 62.4 Å². The predicted octanol–water partition coefficient (Wildman–Crippen LogP) is 3.86. The number of hydrogen-bond acceptors (Lipinski definition) is 1. The van der Waals surface area contributed by atoms with Crippen LogP contribution >= 0.6 is 15.9 Å². The molecule has 0 amide bonds. The SMILES string of the molecule is C/C=C/CCNC1CCc2cc(Br)ccc2C1. The van der Waals surface area contributed by atoms with Gasteiger partial charge in [-0.15, -0.1) is 0 Å². The van der Waals surface area contributed by atoms with Gasteiger partial charge < -0.3 is 5.32 Å². The Morgan fingerprint density at radius 1 is 1.41 bits per heavy atom. The van der Waals surface area contributed by atoms with Gasteiger partial charge in [-0.1, -0.05) is 34.1 Å². The summed E-state index contributed by atoms with van der Waals surface area (Å²) in [6.45, 7) is 3.18. The second-order valence-electron chi connectivity index (χ2n) is 4.66. The molecule has 1 aliphatic rings. The normalized spacial score (nSPS) is 19.5. The maximum Gasteiger partial charge on any atom is 0.0178 e. The summed E-state index contributed by atoms with van der Waals surface area (Å²) < 4.78 is 1.20. The van der Waals surface area contributed by atoms with Crippen LogP contribution in [0, 0.1) is 0 Å². The molecule has 0 aliphatic heterocycles. The monoisotopic (exact) mass is 293 g/mol. The molecule has 17 heavy (non-hydrogen) atoms. The van der Waals surface area contributed by atoms with Gasteiger partial charge >= 0.3 is 0 Å². The van der Waals surface area contributed by atoms with Crippen LogP contribution in [0.4, 0.5) is 0 Å². The van der Waals surface area contributed by atoms with Crippen molar-refractivity contribution in [2.24, 2.45) is 0 Å². The van der Waals surface area contributed by atoms with Gasteiger partial charge in [0.1, 0.15) is 0 Å². The Morgan fingerprint density at radius 3 is 3.12 bits per heavy atom. The van der Waals surface area contributed by atoms with Crippen LogP contribution in [-0.2, 0) is 12.8 Å². The molecule has 1 atom stereocenters. The zero-order valence-corrected chi connectivity index (χ0v) is 12.0. The molecule has 0 bridgehead atoms. The second kappa shape index (κ2) is 6.36. The number of aryl methyl sites for hydroxylation is 1. The molecule has 0 fully saturated rings. The molecule has 1 aliphatic carbocycles. The Morgan fingerprint density at radius 2 is 2.29 bits per heavy atom. The van der Waals surface area contributed by atoms with Crippen molar-refractivity contribution in [1.82, 2.24) is 5.32 Å². The van der Waals surface area contributed by atoms with Crippen LogP contribution in [0.25, 0.3) is 0 Å². The van der Waals surface area contributed by atoms with E-state index in [-0.39, 0.29) is 0 Å². The van der Waals surface area contributed by atoms with Crippen LogP contribution in [0.2, 0.25) is 0 Å². The molecule has 92 valence electrons. The molecule has 2 heteroatoms. The second-order valence-corrected chi connectivity index (χ2v) is 5.58. The molecule has 1 N–H and O–H groups in total. The highest BCUT2D eigenvalue weighted by Crippen LogP contribution is 2.24. The Hall–Kier alpha value is -0.600. The summed E-state index contributed by atoms with van der Waals surface area (Å²) in [7, 11) is 0. The van der Waals surface area contributed by atoms with Gasteiger partial charge in [0.2, 0.25) is 0 Å². The molecule has 0 saturated carbocycles. The van der Waals surface area contributed by atoms with Gasteiger partial charge in [0.15, 0.2) is 0 Å². The van der Waals surface area contributed by atoms with Crippen molar-refractivity contribution < 1.29 is 0 Å². The summed E-state index contributed by atoms with van der Waals surface area (Å²) in [6.07, 6.45) is 9.13. The van der Waals surface area contributed by atoms with Gasteiger partial charge in [0.25, 0.3) is 0 Å². The molecule has 1 aromatic carbocycles. The predicted molar refractivity (Wildman–Crippen MR) is 77.4 cm³/mol. The van der Waals surface area contributed by atoms with Gasteiger partial charge in [-0.25, -0.2) is 0 Å². The first-order chi connectivity index (χ1) is 8.29. The third kappa shape index (κ3) is 3.68. The molecule has 0 radical (unpaired) electrons. The van der Waals surface area contributed by atoms with Crippen LogP contribution in [0.15, 0.2) is 34.8 Å². The minimum Gasteiger partial charge on any atom is -0.313 e. The number of nitrogens with one attached hydrogen (secondary N) is 1. The van der Waals surface area contributed by atoms with Crippen molar-refractivity contribution in [1.29, 1.82) is 0 Å². The first-order valence-electron chi connectivity index (χ1n) is 6.41. The molecule has 0 heterocycles. The first-order valence-corrected chi connectivity index (χ1v) is 7.20. The molecular weight excluding hydrogens is 274 g/mol. The Balaban J connectivity index is 1.88. The zero-order valence-electron chi connectivity index (χ0n) is 10.4. The van der Waals surface area contributed by atoms with Crippen LogP contribution < -0.4 is 5.32 Å². The Kier molecular flexibility index (Phi) is 4.81. The van der Waals surface area contributed by atoms with E-state index in [4.69, 9.17) is 0 Å². The third-order valence-electron chi connectivity index (χ3n) is 3.38. The zero-order chi connectivity index (χ0) is 12.1. The summed E-state index contributed by atoms with van der Waals surface area (Å²) in [6, 6.07) is 7.35. The lowest BCUT2D eigenvalue weighted by atomic mass is 9.88. The van der Waals surface area contributed by atoms with E-state index in [9.17, 15) is 0 Å². The number of fused-ring (bicyclic) bond motifs is 1. The topological polar surface area (TPSA) is 12.0 Å². The molecule has 0 saturated heterocycles. The van der Waals surface area contributed by atoms with Gasteiger partial charge in [0.05, 0.1) is 0 Å². The molecule has 1 nitrogen and oxygen atoms in total. The highest BCUT2D eigenvalue weighted by molar-refractivity contribution is 9.10. The van der Waals surface area contributed by atoms with E-state index in [1.807, 2.05) is 0 Å². The van der Waals surface area contributed by atoms with E-state index in [1.165, 1.54) is 34.9 Å². The van der Waals surface area contributed by atoms with Crippen LogP contribution in [0.3, 0.4) is 0 Å². The van der Waals surface area contributed by atoms with E-state index < -0.39 is 0 Å². The van der Waals surface area contributed by atoms with Gasteiger partial charge in [-0.3, -0.25) is 0 Å². The van der Waals surface area contributed by atoms with Gasteiger partial charge in [-0.2, -0.15) is 0 Å². The highest BCUT2D eigenvalue weighted by atomic mass is 79.9. The number of halogens is 1. The fraction of sp³-hybridized carbons (Fsp3) is 0.467. The first kappa shape index (κ1) is 12.8. The number of benzene rings is 1. The molecular formula is C15H20BrN. The Bertz CT molecular complexity index is 398. The average Bonchev–Trinajstić information content (AvgIpc) is 2.35. The van der Waals surface area contributed by atoms with Crippen LogP contribution in [0.5, 0.6) is 0 Å². The van der Waals surface area contributed by atoms with E-state index in [0.717, 1.165) is 13.0 Å². The number of hydrogen-bond donors (Lipinski definition) is 1. The molecule has 0 aromatic heterocycles. The number of rotatable bonds is 4. The quantitative estimate of drug-likeness (QED) is 0.657. The van der Waals surface area contributed by atoms with Crippen molar-refractivity contribution in [2.75, 3.05) is 6.54 Å². The molecule has 1 aromatic rings. The average molecular weight is 294 g/mol. The summed E-state index contributed by atoms with van der Waals surface area (Å²) >= 11 is 3.54. The smallest absolute Gasteiger partial charge is 0.0178 e. The van der Waals surface area contributed by atoms with E-state index in [0.29, 0.717) is 6.04 Å². The van der Waals surface area contributed by atoms with Crippen molar-refractivity contribution >= 4 is 15.9 Å². The van der Waals surface area contributed by atoms with E-state index in [2.05, 4.69) is 58.5 Å². The fourth-order valence-corrected chi connectivity index (χ4v) is 2.84. The largest absolute Gasteiger partial charge is 0.313 e. The summed E-state index contributed by atoms with van der Waals surface area (Å²) in [5.41, 5.74) is 3.04. The fourth-order valence-electron chi connectivity index (χ4n) is 2.44. The maximum atomic E-state index is 3.65. The summed E-state index contributed by atoms with van der Waals surface area (Å²) in [5.74, 6) is 0. The lowest BCUT2D eigenvalue weighted by Crippen LogP contribution is -2.35. The lowest BCUT2D eigenvalue weighted by molar-refractivity contribution is 0.463. The van der Waals surface area contributed by atoms with Crippen molar-refractivity contribution in [3.8, 4) is 0 Å². The van der Waals surface area contributed by atoms with Crippen molar-refractivity contribution in [3.05, 3.63) is 46.0 Å². The van der Waals surface area contributed by atoms with Crippen molar-refractivity contribution in [2.45, 2.75) is 38.6 Å². The molecule has 0 spiro atoms. The maximum absolute atomic E-state index is 3.65. The summed E-state index contributed by atoms with van der Waals surface area (Å²) in [5, 5.41) is 3.65. The van der Waals surface area contributed by atoms with Gasteiger partial charge in [0, 0.05) is 10.5 Å². The van der Waals surface area contributed by atoms with E-state index in [1.54, 1.807) is 0 Å². The third-order valence-corrected chi connectivity index (χ3v) is 3.87. The molecule has 2 rings (SSSR count).